The number of amides is 2. The predicted molar refractivity (Wildman–Crippen MR) is 119 cm³/mol. The lowest BCUT2D eigenvalue weighted by Crippen LogP contribution is -2.41. The highest BCUT2D eigenvalue weighted by molar-refractivity contribution is 7.92. The van der Waals surface area contributed by atoms with Gasteiger partial charge in [0.2, 0.25) is 15.9 Å². The first-order valence-electron chi connectivity index (χ1n) is 10.1. The summed E-state index contributed by atoms with van der Waals surface area (Å²) in [6.07, 6.45) is 1.71. The van der Waals surface area contributed by atoms with Crippen molar-refractivity contribution in [2.75, 3.05) is 50.0 Å². The van der Waals surface area contributed by atoms with E-state index in [4.69, 9.17) is 4.74 Å². The molecule has 2 aromatic carbocycles. The van der Waals surface area contributed by atoms with Gasteiger partial charge in [0.05, 0.1) is 25.2 Å². The summed E-state index contributed by atoms with van der Waals surface area (Å²) >= 11 is 0. The maximum absolute atomic E-state index is 12.6. The number of carbonyl (C=O) groups is 2. The first-order chi connectivity index (χ1) is 14.8. The summed E-state index contributed by atoms with van der Waals surface area (Å²) in [6, 6.07) is 16.0. The molecule has 2 aromatic rings. The molecule has 0 bridgehead atoms. The molecule has 0 atom stereocenters. The van der Waals surface area contributed by atoms with E-state index in [9.17, 15) is 18.0 Å². The van der Waals surface area contributed by atoms with Crippen LogP contribution in [0.3, 0.4) is 0 Å². The largest absolute Gasteiger partial charge is 0.378 e. The number of rotatable bonds is 8. The molecule has 3 rings (SSSR count). The summed E-state index contributed by atoms with van der Waals surface area (Å²) in [6.45, 7) is 2.15. The average molecular weight is 446 g/mol. The molecule has 0 aliphatic carbocycles. The van der Waals surface area contributed by atoms with E-state index < -0.39 is 15.9 Å². The average Bonchev–Trinajstić information content (AvgIpc) is 2.78. The fourth-order valence-corrected chi connectivity index (χ4v) is 4.15. The molecule has 31 heavy (non-hydrogen) atoms. The molecule has 1 N–H and O–H groups in total. The van der Waals surface area contributed by atoms with Gasteiger partial charge >= 0.3 is 0 Å². The number of carbonyl (C=O) groups excluding carboxylic acids is 2. The minimum atomic E-state index is -3.68. The molecule has 9 heteroatoms. The van der Waals surface area contributed by atoms with Crippen LogP contribution in [-0.4, -0.2) is 70.8 Å². The summed E-state index contributed by atoms with van der Waals surface area (Å²) in [5.41, 5.74) is 1.88. The Kier molecular flexibility index (Phi) is 7.64. The minimum Gasteiger partial charge on any atom is -0.378 e. The van der Waals surface area contributed by atoms with Crippen molar-refractivity contribution >= 4 is 27.5 Å². The zero-order valence-corrected chi connectivity index (χ0v) is 18.3. The van der Waals surface area contributed by atoms with Crippen molar-refractivity contribution in [1.29, 1.82) is 0 Å². The van der Waals surface area contributed by atoms with E-state index in [1.54, 1.807) is 29.2 Å². The summed E-state index contributed by atoms with van der Waals surface area (Å²) in [5.74, 6) is -0.519. The first kappa shape index (κ1) is 22.8. The van der Waals surface area contributed by atoms with Crippen LogP contribution in [0.2, 0.25) is 0 Å². The molecule has 166 valence electrons. The molecule has 0 saturated carbocycles. The summed E-state index contributed by atoms with van der Waals surface area (Å²) in [7, 11) is -3.68. The number of nitrogens with one attached hydrogen (secondary N) is 1. The summed E-state index contributed by atoms with van der Waals surface area (Å²) < 4.78 is 30.9. The second kappa shape index (κ2) is 10.4. The third-order valence-corrected chi connectivity index (χ3v) is 6.11. The standard InChI is InChI=1S/C22H27N3O5S/c1-31(28,29)25(17-21(26)23-12-11-18-5-3-2-4-6-18)20-9-7-19(8-10-20)22(27)24-13-15-30-16-14-24/h2-10H,11-17H2,1H3,(H,23,26). The molecular weight excluding hydrogens is 418 g/mol. The van der Waals surface area contributed by atoms with Crippen LogP contribution < -0.4 is 9.62 Å². The maximum Gasteiger partial charge on any atom is 0.254 e. The molecule has 0 aromatic heterocycles. The van der Waals surface area contributed by atoms with Gasteiger partial charge < -0.3 is 15.0 Å². The van der Waals surface area contributed by atoms with Crippen LogP contribution in [0.1, 0.15) is 15.9 Å². The quantitative estimate of drug-likeness (QED) is 0.661. The van der Waals surface area contributed by atoms with Gasteiger partial charge in [0.25, 0.3) is 5.91 Å². The third kappa shape index (κ3) is 6.53. The number of hydrogen-bond acceptors (Lipinski definition) is 5. The van der Waals surface area contributed by atoms with Gasteiger partial charge in [-0.05, 0) is 36.2 Å². The SMILES string of the molecule is CS(=O)(=O)N(CC(=O)NCCc1ccccc1)c1ccc(C(=O)N2CCOCC2)cc1. The lowest BCUT2D eigenvalue weighted by Gasteiger charge is -2.27. The summed E-state index contributed by atoms with van der Waals surface area (Å²) in [4.78, 5) is 26.6. The Morgan fingerprint density at radius 3 is 2.29 bits per heavy atom. The predicted octanol–water partition coefficient (Wildman–Crippen LogP) is 1.28. The topological polar surface area (TPSA) is 96.0 Å². The van der Waals surface area contributed by atoms with E-state index in [1.165, 1.54) is 0 Å². The van der Waals surface area contributed by atoms with Crippen LogP contribution in [0.25, 0.3) is 0 Å². The van der Waals surface area contributed by atoms with Crippen molar-refractivity contribution in [1.82, 2.24) is 10.2 Å². The Balaban J connectivity index is 1.62. The monoisotopic (exact) mass is 445 g/mol. The van der Waals surface area contributed by atoms with E-state index >= 15 is 0 Å². The van der Waals surface area contributed by atoms with Crippen LogP contribution in [0.4, 0.5) is 5.69 Å². The zero-order valence-electron chi connectivity index (χ0n) is 17.5. The Morgan fingerprint density at radius 1 is 1.03 bits per heavy atom. The molecule has 1 saturated heterocycles. The normalized spacial score (nSPS) is 14.2. The Morgan fingerprint density at radius 2 is 1.68 bits per heavy atom. The number of hydrogen-bond donors (Lipinski definition) is 1. The van der Waals surface area contributed by atoms with Crippen molar-refractivity contribution in [2.24, 2.45) is 0 Å². The van der Waals surface area contributed by atoms with Crippen molar-refractivity contribution < 1.29 is 22.7 Å². The van der Waals surface area contributed by atoms with E-state index in [0.717, 1.165) is 16.1 Å². The highest BCUT2D eigenvalue weighted by Gasteiger charge is 2.22. The van der Waals surface area contributed by atoms with Crippen molar-refractivity contribution in [3.05, 3.63) is 65.7 Å². The minimum absolute atomic E-state index is 0.126. The lowest BCUT2D eigenvalue weighted by atomic mass is 10.1. The second-order valence-corrected chi connectivity index (χ2v) is 9.21. The second-order valence-electron chi connectivity index (χ2n) is 7.31. The van der Waals surface area contributed by atoms with Crippen molar-refractivity contribution in [3.8, 4) is 0 Å². The highest BCUT2D eigenvalue weighted by Crippen LogP contribution is 2.19. The number of morpholine rings is 1. The molecule has 2 amide bonds. The van der Waals surface area contributed by atoms with E-state index in [1.807, 2.05) is 30.3 Å². The Hall–Kier alpha value is -2.91. The summed E-state index contributed by atoms with van der Waals surface area (Å²) in [5, 5.41) is 2.76. The molecule has 0 spiro atoms. The molecule has 1 heterocycles. The van der Waals surface area contributed by atoms with E-state index in [-0.39, 0.29) is 12.5 Å². The number of sulfonamides is 1. The van der Waals surface area contributed by atoms with Crippen molar-refractivity contribution in [3.63, 3.8) is 0 Å². The molecular formula is C22H27N3O5S. The smallest absolute Gasteiger partial charge is 0.254 e. The van der Waals surface area contributed by atoms with Crippen LogP contribution in [0.15, 0.2) is 54.6 Å². The van der Waals surface area contributed by atoms with Gasteiger partial charge in [-0.3, -0.25) is 13.9 Å². The number of benzene rings is 2. The van der Waals surface area contributed by atoms with E-state index in [2.05, 4.69) is 5.32 Å². The molecule has 8 nitrogen and oxygen atoms in total. The lowest BCUT2D eigenvalue weighted by molar-refractivity contribution is -0.119. The molecule has 1 aliphatic heterocycles. The Labute approximate surface area is 182 Å². The molecule has 1 aliphatic rings. The maximum atomic E-state index is 12.6. The number of nitrogens with zero attached hydrogens (tertiary/aromatic N) is 2. The van der Waals surface area contributed by atoms with Gasteiger partial charge in [-0.1, -0.05) is 30.3 Å². The number of anilines is 1. The number of ether oxygens (including phenoxy) is 1. The van der Waals surface area contributed by atoms with Crippen LogP contribution in [0, 0.1) is 0 Å². The van der Waals surface area contributed by atoms with Gasteiger partial charge in [-0.25, -0.2) is 8.42 Å². The van der Waals surface area contributed by atoms with Crippen LogP contribution in [0.5, 0.6) is 0 Å². The molecule has 1 fully saturated rings. The Bertz CT molecular complexity index is 988. The molecule has 0 unspecified atom stereocenters. The van der Waals surface area contributed by atoms with Gasteiger partial charge in [0.1, 0.15) is 6.54 Å². The fourth-order valence-electron chi connectivity index (χ4n) is 3.30. The van der Waals surface area contributed by atoms with Gasteiger partial charge in [0, 0.05) is 25.2 Å². The van der Waals surface area contributed by atoms with Gasteiger partial charge in [0.15, 0.2) is 0 Å². The zero-order chi connectivity index (χ0) is 22.3. The highest BCUT2D eigenvalue weighted by atomic mass is 32.2. The first-order valence-corrected chi connectivity index (χ1v) is 11.9. The van der Waals surface area contributed by atoms with Gasteiger partial charge in [-0.2, -0.15) is 0 Å². The molecule has 0 radical (unpaired) electrons. The van der Waals surface area contributed by atoms with Crippen LogP contribution >= 0.6 is 0 Å². The van der Waals surface area contributed by atoms with Crippen molar-refractivity contribution in [2.45, 2.75) is 6.42 Å². The fraction of sp³-hybridized carbons (Fsp3) is 0.364. The van der Waals surface area contributed by atoms with Gasteiger partial charge in [-0.15, -0.1) is 0 Å². The van der Waals surface area contributed by atoms with Crippen LogP contribution in [-0.2, 0) is 26.0 Å². The third-order valence-electron chi connectivity index (χ3n) is 4.97. The van der Waals surface area contributed by atoms with E-state index in [0.29, 0.717) is 50.5 Å².